The summed E-state index contributed by atoms with van der Waals surface area (Å²) < 4.78 is 5.70. The molecular formula is C17H24N2O2. The van der Waals surface area contributed by atoms with Crippen LogP contribution in [0.25, 0.3) is 0 Å². The maximum Gasteiger partial charge on any atom is 0.322 e. The van der Waals surface area contributed by atoms with Gasteiger partial charge in [-0.2, -0.15) is 0 Å². The van der Waals surface area contributed by atoms with Gasteiger partial charge in [0.05, 0.1) is 12.6 Å². The molecule has 1 heterocycles. The first-order chi connectivity index (χ1) is 10.3. The first-order valence-electron chi connectivity index (χ1n) is 8.07. The zero-order valence-corrected chi connectivity index (χ0v) is 12.5. The van der Waals surface area contributed by atoms with E-state index in [-0.39, 0.29) is 12.1 Å². The Morgan fingerprint density at radius 1 is 1.14 bits per heavy atom. The Balaban J connectivity index is 1.69. The summed E-state index contributed by atoms with van der Waals surface area (Å²) in [6.07, 6.45) is 6.96. The number of nitrogens with one attached hydrogen (secondary N) is 1. The molecule has 4 nitrogen and oxygen atoms in total. The molecule has 1 atom stereocenters. The van der Waals surface area contributed by atoms with Gasteiger partial charge in [0.25, 0.3) is 0 Å². The molecule has 1 saturated heterocycles. The van der Waals surface area contributed by atoms with Gasteiger partial charge in [-0.3, -0.25) is 4.90 Å². The molecule has 1 aliphatic heterocycles. The second-order valence-electron chi connectivity index (χ2n) is 6.01. The van der Waals surface area contributed by atoms with Crippen LogP contribution in [0, 0.1) is 0 Å². The monoisotopic (exact) mass is 288 g/mol. The third-order valence-corrected chi connectivity index (χ3v) is 4.41. The topological polar surface area (TPSA) is 41.6 Å². The van der Waals surface area contributed by atoms with Crippen molar-refractivity contribution in [3.63, 3.8) is 0 Å². The minimum absolute atomic E-state index is 0.0172. The van der Waals surface area contributed by atoms with Crippen LogP contribution in [0.5, 0.6) is 0 Å². The molecule has 0 aromatic heterocycles. The molecule has 114 valence electrons. The quantitative estimate of drug-likeness (QED) is 0.923. The van der Waals surface area contributed by atoms with Crippen molar-refractivity contribution in [3.05, 3.63) is 30.3 Å². The highest BCUT2D eigenvalue weighted by Crippen LogP contribution is 2.21. The first-order valence-corrected chi connectivity index (χ1v) is 8.07. The molecule has 0 spiro atoms. The molecule has 1 aliphatic carbocycles. The Labute approximate surface area is 126 Å². The number of carbonyl (C=O) groups excluding carboxylic acids is 1. The van der Waals surface area contributed by atoms with Crippen molar-refractivity contribution in [1.29, 1.82) is 0 Å². The Hall–Kier alpha value is -1.55. The number of rotatable bonds is 4. The van der Waals surface area contributed by atoms with Crippen LogP contribution < -0.4 is 10.2 Å². The number of benzene rings is 1. The summed E-state index contributed by atoms with van der Waals surface area (Å²) in [4.78, 5) is 14.5. The largest absolute Gasteiger partial charge is 0.376 e. The summed E-state index contributed by atoms with van der Waals surface area (Å²) in [5.74, 6) is 0. The van der Waals surface area contributed by atoms with Gasteiger partial charge in [-0.1, -0.05) is 31.0 Å². The fourth-order valence-corrected chi connectivity index (χ4v) is 3.23. The third-order valence-electron chi connectivity index (χ3n) is 4.41. The van der Waals surface area contributed by atoms with Gasteiger partial charge < -0.3 is 10.1 Å². The molecule has 0 bridgehead atoms. The number of amides is 2. The van der Waals surface area contributed by atoms with E-state index in [4.69, 9.17) is 4.74 Å². The van der Waals surface area contributed by atoms with E-state index in [1.54, 1.807) is 0 Å². The number of ether oxygens (including phenoxy) is 1. The van der Waals surface area contributed by atoms with Crippen molar-refractivity contribution in [1.82, 2.24) is 5.32 Å². The number of para-hydroxylation sites is 1. The number of hydrogen-bond donors (Lipinski definition) is 1. The third kappa shape index (κ3) is 3.76. The van der Waals surface area contributed by atoms with Gasteiger partial charge in [0.2, 0.25) is 0 Å². The van der Waals surface area contributed by atoms with Crippen LogP contribution in [-0.4, -0.2) is 31.3 Å². The summed E-state index contributed by atoms with van der Waals surface area (Å²) >= 11 is 0. The summed E-state index contributed by atoms with van der Waals surface area (Å²) in [5, 5.41) is 3.18. The minimum atomic E-state index is 0.0172. The van der Waals surface area contributed by atoms with Crippen LogP contribution in [0.2, 0.25) is 0 Å². The van der Waals surface area contributed by atoms with Crippen LogP contribution in [0.1, 0.15) is 38.5 Å². The number of carbonyl (C=O) groups is 1. The standard InChI is InChI=1S/C17H24N2O2/c20-17(18-14-7-4-5-8-14)19(13-16-11-6-12-21-16)15-9-2-1-3-10-15/h1-3,9-10,14,16H,4-8,11-13H2,(H,18,20). The molecule has 1 aromatic carbocycles. The van der Waals surface area contributed by atoms with Gasteiger partial charge in [0.15, 0.2) is 0 Å². The molecular weight excluding hydrogens is 264 g/mol. The van der Waals surface area contributed by atoms with Crippen LogP contribution in [0.15, 0.2) is 30.3 Å². The second-order valence-corrected chi connectivity index (χ2v) is 6.01. The maximum atomic E-state index is 12.6. The Morgan fingerprint density at radius 2 is 1.90 bits per heavy atom. The second kappa shape index (κ2) is 6.94. The maximum absolute atomic E-state index is 12.6. The van der Waals surface area contributed by atoms with E-state index in [0.717, 1.165) is 38.0 Å². The number of hydrogen-bond acceptors (Lipinski definition) is 2. The Morgan fingerprint density at radius 3 is 2.57 bits per heavy atom. The smallest absolute Gasteiger partial charge is 0.322 e. The normalized spacial score (nSPS) is 22.4. The summed E-state index contributed by atoms with van der Waals surface area (Å²) in [6, 6.07) is 10.3. The molecule has 1 saturated carbocycles. The van der Waals surface area contributed by atoms with E-state index >= 15 is 0 Å². The molecule has 0 radical (unpaired) electrons. The predicted octanol–water partition coefficient (Wildman–Crippen LogP) is 3.32. The minimum Gasteiger partial charge on any atom is -0.376 e. The highest BCUT2D eigenvalue weighted by Gasteiger charge is 2.26. The van der Waals surface area contributed by atoms with Crippen LogP contribution >= 0.6 is 0 Å². The molecule has 2 amide bonds. The van der Waals surface area contributed by atoms with E-state index in [1.165, 1.54) is 12.8 Å². The lowest BCUT2D eigenvalue weighted by molar-refractivity contribution is 0.116. The van der Waals surface area contributed by atoms with Crippen LogP contribution in [0.4, 0.5) is 10.5 Å². The molecule has 3 rings (SSSR count). The molecule has 1 N–H and O–H groups in total. The van der Waals surface area contributed by atoms with Gasteiger partial charge >= 0.3 is 6.03 Å². The lowest BCUT2D eigenvalue weighted by atomic mass is 10.2. The van der Waals surface area contributed by atoms with Gasteiger partial charge in [0.1, 0.15) is 0 Å². The van der Waals surface area contributed by atoms with Gasteiger partial charge in [0, 0.05) is 18.3 Å². The van der Waals surface area contributed by atoms with E-state index in [1.807, 2.05) is 35.2 Å². The van der Waals surface area contributed by atoms with Crippen molar-refractivity contribution >= 4 is 11.7 Å². The highest BCUT2D eigenvalue weighted by molar-refractivity contribution is 5.92. The zero-order valence-electron chi connectivity index (χ0n) is 12.5. The predicted molar refractivity (Wildman–Crippen MR) is 83.5 cm³/mol. The van der Waals surface area contributed by atoms with E-state index in [9.17, 15) is 4.79 Å². The molecule has 2 aliphatic rings. The fourth-order valence-electron chi connectivity index (χ4n) is 3.23. The van der Waals surface area contributed by atoms with E-state index in [2.05, 4.69) is 5.32 Å². The first kappa shape index (κ1) is 14.4. The van der Waals surface area contributed by atoms with Crippen LogP contribution in [0.3, 0.4) is 0 Å². The summed E-state index contributed by atoms with van der Waals surface area (Å²) in [6.45, 7) is 1.46. The Bertz CT molecular complexity index is 451. The van der Waals surface area contributed by atoms with Crippen molar-refractivity contribution in [2.75, 3.05) is 18.1 Å². The number of urea groups is 1. The lowest BCUT2D eigenvalue weighted by Gasteiger charge is -2.27. The van der Waals surface area contributed by atoms with Crippen molar-refractivity contribution in [2.45, 2.75) is 50.7 Å². The van der Waals surface area contributed by atoms with Gasteiger partial charge in [-0.05, 0) is 37.8 Å². The zero-order chi connectivity index (χ0) is 14.5. The average molecular weight is 288 g/mol. The summed E-state index contributed by atoms with van der Waals surface area (Å²) in [7, 11) is 0. The highest BCUT2D eigenvalue weighted by atomic mass is 16.5. The average Bonchev–Trinajstić information content (AvgIpc) is 3.19. The fraction of sp³-hybridized carbons (Fsp3) is 0.588. The molecule has 1 unspecified atom stereocenters. The SMILES string of the molecule is O=C(NC1CCCC1)N(CC1CCCO1)c1ccccc1. The van der Waals surface area contributed by atoms with E-state index in [0.29, 0.717) is 12.6 Å². The molecule has 4 heteroatoms. The van der Waals surface area contributed by atoms with Crippen molar-refractivity contribution in [3.8, 4) is 0 Å². The number of nitrogens with zero attached hydrogens (tertiary/aromatic N) is 1. The van der Waals surface area contributed by atoms with E-state index < -0.39 is 0 Å². The van der Waals surface area contributed by atoms with Crippen molar-refractivity contribution in [2.24, 2.45) is 0 Å². The van der Waals surface area contributed by atoms with Gasteiger partial charge in [-0.15, -0.1) is 0 Å². The molecule has 21 heavy (non-hydrogen) atoms. The van der Waals surface area contributed by atoms with Crippen LogP contribution in [-0.2, 0) is 4.74 Å². The Kier molecular flexibility index (Phi) is 4.76. The number of anilines is 1. The van der Waals surface area contributed by atoms with Gasteiger partial charge in [-0.25, -0.2) is 4.79 Å². The summed E-state index contributed by atoms with van der Waals surface area (Å²) in [5.41, 5.74) is 0.948. The lowest BCUT2D eigenvalue weighted by Crippen LogP contribution is -2.47. The molecule has 2 fully saturated rings. The molecule has 1 aromatic rings. The van der Waals surface area contributed by atoms with Crippen molar-refractivity contribution < 1.29 is 9.53 Å².